The fraction of sp³-hybridized carbons (Fsp3) is 0.364. The van der Waals surface area contributed by atoms with Crippen molar-refractivity contribution in [2.45, 2.75) is 30.8 Å². The van der Waals surface area contributed by atoms with Crippen molar-refractivity contribution in [2.75, 3.05) is 36.4 Å². The van der Waals surface area contributed by atoms with Gasteiger partial charge in [0.15, 0.2) is 5.82 Å². The molecule has 3 aromatic rings. The number of piperidine rings is 1. The van der Waals surface area contributed by atoms with Crippen LogP contribution in [0.15, 0.2) is 35.4 Å². The molecule has 1 aromatic carbocycles. The van der Waals surface area contributed by atoms with Gasteiger partial charge in [-0.15, -0.1) is 11.3 Å². The molecule has 2 aromatic heterocycles. The predicted molar refractivity (Wildman–Crippen MR) is 135 cm³/mol. The molecule has 0 aliphatic carbocycles. The highest BCUT2D eigenvalue weighted by Gasteiger charge is 2.26. The second-order valence-corrected chi connectivity index (χ2v) is 11.0. The van der Waals surface area contributed by atoms with Crippen LogP contribution in [0.2, 0.25) is 5.02 Å². The minimum atomic E-state index is -4.02. The third-order valence-electron chi connectivity index (χ3n) is 5.66. The smallest absolute Gasteiger partial charge is 0.288 e. The van der Waals surface area contributed by atoms with Gasteiger partial charge < -0.3 is 14.4 Å². The number of thiophene rings is 1. The molecule has 0 spiro atoms. The topological polar surface area (TPSA) is 130 Å². The Morgan fingerprint density at radius 2 is 2.06 bits per heavy atom. The average Bonchev–Trinajstić information content (AvgIpc) is 3.22. The number of carbonyl (C=O) groups is 1. The maximum Gasteiger partial charge on any atom is 0.288 e. The zero-order valence-corrected chi connectivity index (χ0v) is 21.5. The van der Waals surface area contributed by atoms with E-state index in [0.717, 1.165) is 24.2 Å². The highest BCUT2D eigenvalue weighted by Crippen LogP contribution is 2.39. The highest BCUT2D eigenvalue weighted by molar-refractivity contribution is 7.92. The summed E-state index contributed by atoms with van der Waals surface area (Å²) in [4.78, 5) is 18.5. The zero-order chi connectivity index (χ0) is 25.2. The van der Waals surface area contributed by atoms with Gasteiger partial charge in [0.05, 0.1) is 28.8 Å². The molecule has 1 aliphatic rings. The molecule has 1 aliphatic heterocycles. The van der Waals surface area contributed by atoms with E-state index >= 15 is 0 Å². The second kappa shape index (κ2) is 10.5. The molecule has 1 fully saturated rings. The summed E-state index contributed by atoms with van der Waals surface area (Å²) in [5.41, 5.74) is 1.85. The number of amides is 1. The van der Waals surface area contributed by atoms with Gasteiger partial charge in [-0.1, -0.05) is 11.6 Å². The van der Waals surface area contributed by atoms with Crippen LogP contribution in [-0.4, -0.2) is 57.4 Å². The summed E-state index contributed by atoms with van der Waals surface area (Å²) >= 11 is 7.15. The molecule has 10 nitrogen and oxygen atoms in total. The van der Waals surface area contributed by atoms with E-state index in [1.165, 1.54) is 31.5 Å². The Balaban J connectivity index is 1.64. The lowest BCUT2D eigenvalue weighted by molar-refractivity contribution is 0.0458. The summed E-state index contributed by atoms with van der Waals surface area (Å²) < 4.78 is 40.8. The van der Waals surface area contributed by atoms with Crippen molar-refractivity contribution in [3.8, 4) is 5.75 Å². The van der Waals surface area contributed by atoms with Gasteiger partial charge in [0.25, 0.3) is 15.9 Å². The van der Waals surface area contributed by atoms with Crippen molar-refractivity contribution in [1.29, 1.82) is 0 Å². The number of hydrogen-bond acceptors (Lipinski definition) is 9. The number of rotatable bonds is 8. The number of hydrogen-bond donors (Lipinski definition) is 3. The number of carbonyl (C=O) groups excluding carboxylic acids is 1. The van der Waals surface area contributed by atoms with Crippen molar-refractivity contribution in [1.82, 2.24) is 10.5 Å². The summed E-state index contributed by atoms with van der Waals surface area (Å²) in [6.07, 6.45) is 3.28. The van der Waals surface area contributed by atoms with Gasteiger partial charge in [-0.3, -0.25) is 14.7 Å². The lowest BCUT2D eigenvalue weighted by Gasteiger charge is -2.33. The first-order valence-electron chi connectivity index (χ1n) is 10.9. The number of benzene rings is 1. The Kier molecular flexibility index (Phi) is 7.67. The number of pyridine rings is 1. The number of aromatic nitrogens is 1. The molecule has 0 saturated carbocycles. The number of nitrogens with zero attached hydrogens (tertiary/aromatic N) is 2. The molecule has 1 saturated heterocycles. The second-order valence-electron chi connectivity index (χ2n) is 7.84. The van der Waals surface area contributed by atoms with Crippen molar-refractivity contribution in [3.63, 3.8) is 0 Å². The minimum absolute atomic E-state index is 0.00848. The molecule has 0 unspecified atom stereocenters. The number of halogens is 1. The van der Waals surface area contributed by atoms with Gasteiger partial charge in [-0.25, -0.2) is 18.9 Å². The van der Waals surface area contributed by atoms with E-state index in [1.54, 1.807) is 11.5 Å². The molecule has 188 valence electrons. The molecule has 35 heavy (non-hydrogen) atoms. The standard InChI is InChI=1S/C22H25ClN4O6S2/c1-3-33-14-6-8-27(9-7-14)21-17(10-13(23)12-24-21)26-35(30,31)15-4-5-16-18(11-15)34-20(19(16)32-2)22(28)25-29/h4-5,10-12,14,26,29H,3,6-9H2,1-2H3,(H,25,28). The highest BCUT2D eigenvalue weighted by atomic mass is 35.5. The Labute approximate surface area is 211 Å². The summed E-state index contributed by atoms with van der Waals surface area (Å²) in [7, 11) is -2.63. The van der Waals surface area contributed by atoms with Gasteiger partial charge in [0.2, 0.25) is 0 Å². The number of sulfonamides is 1. The monoisotopic (exact) mass is 540 g/mol. The maximum atomic E-state index is 13.3. The lowest BCUT2D eigenvalue weighted by atomic mass is 10.1. The third-order valence-corrected chi connectivity index (χ3v) is 8.36. The predicted octanol–water partition coefficient (Wildman–Crippen LogP) is 3.88. The maximum absolute atomic E-state index is 13.3. The van der Waals surface area contributed by atoms with Gasteiger partial charge in [0, 0.05) is 36.0 Å². The first-order valence-corrected chi connectivity index (χ1v) is 13.5. The van der Waals surface area contributed by atoms with E-state index in [1.807, 2.05) is 11.8 Å². The quantitative estimate of drug-likeness (QED) is 0.290. The van der Waals surface area contributed by atoms with Crippen LogP contribution < -0.4 is 19.8 Å². The SMILES string of the molecule is CCOC1CCN(c2ncc(Cl)cc2NS(=O)(=O)c2ccc3c(OC)c(C(=O)NO)sc3c2)CC1. The number of methoxy groups -OCH3 is 1. The molecular weight excluding hydrogens is 516 g/mol. The molecule has 0 radical (unpaired) electrons. The van der Waals surface area contributed by atoms with Crippen LogP contribution in [0.4, 0.5) is 11.5 Å². The fourth-order valence-electron chi connectivity index (χ4n) is 4.06. The Hall–Kier alpha value is -2.64. The van der Waals surface area contributed by atoms with Crippen LogP contribution in [0.25, 0.3) is 10.1 Å². The van der Waals surface area contributed by atoms with Crippen LogP contribution in [0, 0.1) is 0 Å². The van der Waals surface area contributed by atoms with E-state index in [2.05, 4.69) is 9.71 Å². The number of fused-ring (bicyclic) bond motifs is 1. The van der Waals surface area contributed by atoms with E-state index in [9.17, 15) is 13.2 Å². The summed E-state index contributed by atoms with van der Waals surface area (Å²) in [6, 6.07) is 5.96. The summed E-state index contributed by atoms with van der Waals surface area (Å²) in [5.74, 6) is 0.00673. The fourth-order valence-corrected chi connectivity index (χ4v) is 6.47. The van der Waals surface area contributed by atoms with Crippen LogP contribution in [0.5, 0.6) is 5.75 Å². The molecule has 1 amide bonds. The number of hydroxylamine groups is 1. The normalized spacial score (nSPS) is 14.8. The van der Waals surface area contributed by atoms with Gasteiger partial charge in [-0.05, 0) is 44.0 Å². The number of ether oxygens (including phenoxy) is 2. The Morgan fingerprint density at radius 3 is 2.71 bits per heavy atom. The Morgan fingerprint density at radius 1 is 1.31 bits per heavy atom. The van der Waals surface area contributed by atoms with Gasteiger partial charge in [0.1, 0.15) is 10.6 Å². The van der Waals surface area contributed by atoms with Gasteiger partial charge in [-0.2, -0.15) is 0 Å². The minimum Gasteiger partial charge on any atom is -0.494 e. The lowest BCUT2D eigenvalue weighted by Crippen LogP contribution is -2.38. The van der Waals surface area contributed by atoms with Crippen LogP contribution >= 0.6 is 22.9 Å². The summed E-state index contributed by atoms with van der Waals surface area (Å²) in [6.45, 7) is 3.96. The van der Waals surface area contributed by atoms with Crippen molar-refractivity contribution in [2.24, 2.45) is 0 Å². The van der Waals surface area contributed by atoms with E-state index in [4.69, 9.17) is 26.3 Å². The third kappa shape index (κ3) is 5.31. The average molecular weight is 541 g/mol. The molecule has 4 rings (SSSR count). The van der Waals surface area contributed by atoms with E-state index in [-0.39, 0.29) is 27.3 Å². The molecule has 0 atom stereocenters. The number of nitrogens with one attached hydrogen (secondary N) is 2. The molecule has 3 N–H and O–H groups in total. The first-order chi connectivity index (χ1) is 16.8. The van der Waals surface area contributed by atoms with Crippen molar-refractivity contribution >= 4 is 60.5 Å². The van der Waals surface area contributed by atoms with Crippen LogP contribution in [-0.2, 0) is 14.8 Å². The van der Waals surface area contributed by atoms with Crippen LogP contribution in [0.1, 0.15) is 29.4 Å². The zero-order valence-electron chi connectivity index (χ0n) is 19.1. The largest absolute Gasteiger partial charge is 0.494 e. The van der Waals surface area contributed by atoms with E-state index < -0.39 is 15.9 Å². The van der Waals surface area contributed by atoms with Crippen LogP contribution in [0.3, 0.4) is 0 Å². The number of anilines is 2. The van der Waals surface area contributed by atoms with Crippen molar-refractivity contribution < 1.29 is 27.9 Å². The summed E-state index contributed by atoms with van der Waals surface area (Å²) in [5, 5.41) is 9.85. The molecule has 13 heteroatoms. The molecule has 0 bridgehead atoms. The molecule has 3 heterocycles. The first kappa shape index (κ1) is 25.5. The van der Waals surface area contributed by atoms with E-state index in [0.29, 0.717) is 40.6 Å². The van der Waals surface area contributed by atoms with Crippen molar-refractivity contribution in [3.05, 3.63) is 40.4 Å². The Bertz CT molecular complexity index is 1340. The van der Waals surface area contributed by atoms with Gasteiger partial charge >= 0.3 is 0 Å². The molecular formula is C22H25ClN4O6S2.